The van der Waals surface area contributed by atoms with Crippen LogP contribution in [0.3, 0.4) is 0 Å². The first kappa shape index (κ1) is 24.6. The smallest absolute Gasteiger partial charge is 0.275 e. The molecule has 2 heterocycles. The van der Waals surface area contributed by atoms with Gasteiger partial charge in [0.15, 0.2) is 11.4 Å². The maximum Gasteiger partial charge on any atom is 0.275 e. The van der Waals surface area contributed by atoms with Crippen molar-refractivity contribution in [1.82, 2.24) is 9.88 Å². The first-order valence-electron chi connectivity index (χ1n) is 11.2. The number of nitrogens with one attached hydrogen (secondary N) is 2. The van der Waals surface area contributed by atoms with Crippen molar-refractivity contribution in [2.75, 3.05) is 31.3 Å². The topological polar surface area (TPSA) is 121 Å². The standard InChI is InChI=1S/C24H26F2N4O5/c1-23(11-24(25,26)12-35-23)15(8-7-13-5-4-6-13)29-17-16(20(32)21(17)33)28-14-9-10-27-18(19(14)31)22(34)30(2)3/h9-10,13,15,29,31H,4-6,11-12H2,1-3H3,(H,27,28)/t15-,23-/m0/s1. The van der Waals surface area contributed by atoms with Gasteiger partial charge in [-0.05, 0) is 25.8 Å². The Morgan fingerprint density at radius 3 is 2.54 bits per heavy atom. The van der Waals surface area contributed by atoms with Crippen LogP contribution in [-0.4, -0.2) is 59.2 Å². The van der Waals surface area contributed by atoms with Crippen molar-refractivity contribution >= 4 is 23.0 Å². The summed E-state index contributed by atoms with van der Waals surface area (Å²) < 4.78 is 33.4. The highest BCUT2D eigenvalue weighted by Crippen LogP contribution is 2.40. The van der Waals surface area contributed by atoms with Gasteiger partial charge in [-0.25, -0.2) is 13.8 Å². The number of hydrogen-bond donors (Lipinski definition) is 3. The Morgan fingerprint density at radius 2 is 1.97 bits per heavy atom. The molecule has 2 fully saturated rings. The number of ether oxygens (including phenoxy) is 1. The Bertz CT molecular complexity index is 1290. The highest BCUT2D eigenvalue weighted by Gasteiger charge is 2.52. The normalized spacial score (nSPS) is 22.1. The van der Waals surface area contributed by atoms with E-state index in [1.807, 2.05) is 0 Å². The predicted molar refractivity (Wildman–Crippen MR) is 125 cm³/mol. The maximum atomic E-state index is 14.0. The summed E-state index contributed by atoms with van der Waals surface area (Å²) in [6, 6.07) is 0.343. The van der Waals surface area contributed by atoms with Crippen molar-refractivity contribution in [3.63, 3.8) is 0 Å². The van der Waals surface area contributed by atoms with E-state index in [0.717, 1.165) is 19.3 Å². The molecule has 0 spiro atoms. The molecule has 1 aromatic heterocycles. The molecular weight excluding hydrogens is 462 g/mol. The molecule has 2 atom stereocenters. The van der Waals surface area contributed by atoms with Crippen LogP contribution in [0.1, 0.15) is 43.1 Å². The Kier molecular flexibility index (Phi) is 6.27. The zero-order valence-electron chi connectivity index (χ0n) is 19.6. The second kappa shape index (κ2) is 8.92. The number of nitrogens with zero attached hydrogens (tertiary/aromatic N) is 2. The van der Waals surface area contributed by atoms with Crippen molar-refractivity contribution in [2.24, 2.45) is 5.92 Å². The zero-order chi connectivity index (χ0) is 25.5. The van der Waals surface area contributed by atoms with Gasteiger partial charge >= 0.3 is 0 Å². The Balaban J connectivity index is 1.64. The first-order valence-corrected chi connectivity index (χ1v) is 11.2. The van der Waals surface area contributed by atoms with Gasteiger partial charge in [-0.3, -0.25) is 14.4 Å². The number of halogens is 2. The molecule has 2 aliphatic rings. The molecule has 1 aromatic carbocycles. The van der Waals surface area contributed by atoms with Gasteiger partial charge in [0.05, 0.1) is 5.69 Å². The van der Waals surface area contributed by atoms with Crippen LogP contribution in [0.2, 0.25) is 0 Å². The van der Waals surface area contributed by atoms with Crippen molar-refractivity contribution in [2.45, 2.75) is 50.2 Å². The molecule has 1 aliphatic heterocycles. The van der Waals surface area contributed by atoms with Crippen LogP contribution >= 0.6 is 0 Å². The summed E-state index contributed by atoms with van der Waals surface area (Å²) in [6.45, 7) is 0.727. The van der Waals surface area contributed by atoms with E-state index in [1.54, 1.807) is 0 Å². The Labute approximate surface area is 200 Å². The third kappa shape index (κ3) is 4.71. The number of hydrogen-bond acceptors (Lipinski definition) is 8. The lowest BCUT2D eigenvalue weighted by Gasteiger charge is -2.32. The van der Waals surface area contributed by atoms with Gasteiger partial charge in [0.1, 0.15) is 29.6 Å². The number of pyridine rings is 1. The van der Waals surface area contributed by atoms with Gasteiger partial charge in [0, 0.05) is 32.6 Å². The minimum Gasteiger partial charge on any atom is -0.504 e. The number of aromatic hydroxyl groups is 1. The van der Waals surface area contributed by atoms with Gasteiger partial charge in [-0.1, -0.05) is 18.3 Å². The molecule has 1 aliphatic carbocycles. The molecule has 11 heteroatoms. The Hall–Kier alpha value is -3.52. The molecule has 1 amide bonds. The van der Waals surface area contributed by atoms with Crippen LogP contribution < -0.4 is 21.5 Å². The summed E-state index contributed by atoms with van der Waals surface area (Å²) in [7, 11) is 2.98. The summed E-state index contributed by atoms with van der Waals surface area (Å²) in [5.41, 5.74) is -3.71. The second-order valence-corrected chi connectivity index (χ2v) is 9.42. The van der Waals surface area contributed by atoms with E-state index < -0.39 is 53.1 Å². The van der Waals surface area contributed by atoms with E-state index in [-0.39, 0.29) is 28.7 Å². The SMILES string of the molecule is CN(C)C(=O)c1nccc(Nc2c(N[C@@H](C#CC3CCC3)[C@]3(C)CC(F)(F)CO3)c(=O)c2=O)c1O. The largest absolute Gasteiger partial charge is 0.504 e. The van der Waals surface area contributed by atoms with Crippen molar-refractivity contribution < 1.29 is 23.4 Å². The molecule has 2 aromatic rings. The highest BCUT2D eigenvalue weighted by molar-refractivity contribution is 5.97. The van der Waals surface area contributed by atoms with Crippen LogP contribution in [0, 0.1) is 17.8 Å². The van der Waals surface area contributed by atoms with E-state index in [2.05, 4.69) is 27.5 Å². The van der Waals surface area contributed by atoms with Crippen LogP contribution in [-0.2, 0) is 4.74 Å². The summed E-state index contributed by atoms with van der Waals surface area (Å²) in [4.78, 5) is 42.1. The highest BCUT2D eigenvalue weighted by atomic mass is 19.3. The van der Waals surface area contributed by atoms with E-state index in [1.165, 1.54) is 38.2 Å². The van der Waals surface area contributed by atoms with Gasteiger partial charge in [-0.2, -0.15) is 0 Å². The summed E-state index contributed by atoms with van der Waals surface area (Å²) in [5.74, 6) is 2.06. The van der Waals surface area contributed by atoms with Crippen molar-refractivity contribution in [3.05, 3.63) is 38.4 Å². The fourth-order valence-electron chi connectivity index (χ4n) is 4.02. The summed E-state index contributed by atoms with van der Waals surface area (Å²) in [5, 5.41) is 16.0. The van der Waals surface area contributed by atoms with Gasteiger partial charge in [-0.15, -0.1) is 0 Å². The average molecular weight is 488 g/mol. The number of aromatic nitrogens is 1. The third-order valence-electron chi connectivity index (χ3n) is 6.36. The maximum absolute atomic E-state index is 14.0. The lowest BCUT2D eigenvalue weighted by atomic mass is 9.85. The molecule has 1 saturated heterocycles. The monoisotopic (exact) mass is 488 g/mol. The molecule has 4 rings (SSSR count). The number of carbonyl (C=O) groups is 1. The molecule has 186 valence electrons. The van der Waals surface area contributed by atoms with Crippen LogP contribution in [0.4, 0.5) is 25.8 Å². The van der Waals surface area contributed by atoms with Gasteiger partial charge < -0.3 is 25.4 Å². The molecule has 0 bridgehead atoms. The number of alkyl halides is 2. The number of rotatable bonds is 6. The second-order valence-electron chi connectivity index (χ2n) is 9.42. The van der Waals surface area contributed by atoms with Crippen molar-refractivity contribution in [3.8, 4) is 17.6 Å². The molecule has 3 N–H and O–H groups in total. The first-order chi connectivity index (χ1) is 16.4. The molecule has 0 unspecified atom stereocenters. The molecule has 1 saturated carbocycles. The van der Waals surface area contributed by atoms with Crippen LogP contribution in [0.5, 0.6) is 5.75 Å². The minimum absolute atomic E-state index is 0.0210. The number of carbonyl (C=O) groups excluding carboxylic acids is 1. The lowest BCUT2D eigenvalue weighted by Crippen LogP contribution is -2.48. The summed E-state index contributed by atoms with van der Waals surface area (Å²) >= 11 is 0. The lowest BCUT2D eigenvalue weighted by molar-refractivity contribution is -0.0205. The van der Waals surface area contributed by atoms with E-state index >= 15 is 0 Å². The van der Waals surface area contributed by atoms with E-state index in [4.69, 9.17) is 4.74 Å². The fourth-order valence-corrected chi connectivity index (χ4v) is 4.02. The number of amides is 1. The molecular formula is C24H26F2N4O5. The molecule has 35 heavy (non-hydrogen) atoms. The van der Waals surface area contributed by atoms with E-state index in [9.17, 15) is 28.3 Å². The Morgan fingerprint density at radius 1 is 1.29 bits per heavy atom. The quantitative estimate of drug-likeness (QED) is 0.418. The van der Waals surface area contributed by atoms with Crippen LogP contribution in [0.25, 0.3) is 0 Å². The van der Waals surface area contributed by atoms with E-state index in [0.29, 0.717) is 0 Å². The van der Waals surface area contributed by atoms with Crippen molar-refractivity contribution in [1.29, 1.82) is 0 Å². The zero-order valence-corrected chi connectivity index (χ0v) is 19.6. The average Bonchev–Trinajstić information content (AvgIpc) is 3.07. The minimum atomic E-state index is -3.04. The van der Waals surface area contributed by atoms with Gasteiger partial charge in [0.25, 0.3) is 22.7 Å². The fraction of sp³-hybridized carbons (Fsp3) is 0.500. The summed E-state index contributed by atoms with van der Waals surface area (Å²) in [6.07, 6.45) is 3.53. The van der Waals surface area contributed by atoms with Gasteiger partial charge in [0.2, 0.25) is 0 Å². The molecule has 0 radical (unpaired) electrons. The van der Waals surface area contributed by atoms with Crippen LogP contribution in [0.15, 0.2) is 21.9 Å². The third-order valence-corrected chi connectivity index (χ3v) is 6.36. The number of anilines is 3. The molecule has 9 nitrogen and oxygen atoms in total. The predicted octanol–water partition coefficient (Wildman–Crippen LogP) is 2.23.